The first-order chi connectivity index (χ1) is 15.4. The summed E-state index contributed by atoms with van der Waals surface area (Å²) in [5, 5.41) is 20.8. The smallest absolute Gasteiger partial charge is 0.184 e. The van der Waals surface area contributed by atoms with Crippen molar-refractivity contribution in [2.24, 2.45) is 5.10 Å². The topological polar surface area (TPSA) is 70.1 Å². The molecule has 1 aliphatic heterocycles. The summed E-state index contributed by atoms with van der Waals surface area (Å²) in [6, 6.07) is 19.4. The molecule has 0 amide bonds. The molecule has 2 heterocycles. The van der Waals surface area contributed by atoms with Crippen molar-refractivity contribution in [3.05, 3.63) is 106 Å². The van der Waals surface area contributed by atoms with Crippen LogP contribution in [0.25, 0.3) is 0 Å². The van der Waals surface area contributed by atoms with Gasteiger partial charge in [0.25, 0.3) is 0 Å². The van der Waals surface area contributed by atoms with Crippen molar-refractivity contribution in [1.29, 1.82) is 0 Å². The lowest BCUT2D eigenvalue weighted by Crippen LogP contribution is -2.27. The first kappa shape index (κ1) is 20.0. The van der Waals surface area contributed by atoms with Gasteiger partial charge in [0.2, 0.25) is 0 Å². The standard InChI is InChI=1S/C24H20F2N6/c1-24(2,23-27-30-31-28-23)17-8-5-7-15(12-17)22-19-9-4-3-6-16(19)14-32(29-22)21-11-10-18(25)13-20(21)26/h3-13H,14H2,1-2H3,(H,27,28,30,31). The van der Waals surface area contributed by atoms with Gasteiger partial charge in [0.15, 0.2) is 11.6 Å². The lowest BCUT2D eigenvalue weighted by Gasteiger charge is -2.28. The number of hydrogen-bond acceptors (Lipinski definition) is 5. The number of hydrogen-bond donors (Lipinski definition) is 1. The van der Waals surface area contributed by atoms with Crippen molar-refractivity contribution in [2.75, 3.05) is 5.01 Å². The second-order valence-corrected chi connectivity index (χ2v) is 8.20. The minimum atomic E-state index is -0.653. The van der Waals surface area contributed by atoms with E-state index in [0.717, 1.165) is 28.3 Å². The van der Waals surface area contributed by atoms with E-state index in [1.54, 1.807) is 5.01 Å². The zero-order valence-electron chi connectivity index (χ0n) is 17.5. The Morgan fingerprint density at radius 3 is 2.59 bits per heavy atom. The van der Waals surface area contributed by atoms with Crippen LogP contribution in [0.2, 0.25) is 0 Å². The van der Waals surface area contributed by atoms with Crippen LogP contribution >= 0.6 is 0 Å². The first-order valence-corrected chi connectivity index (χ1v) is 10.2. The van der Waals surface area contributed by atoms with Gasteiger partial charge < -0.3 is 0 Å². The van der Waals surface area contributed by atoms with Crippen molar-refractivity contribution in [1.82, 2.24) is 20.6 Å². The number of halogens is 2. The van der Waals surface area contributed by atoms with E-state index in [1.165, 1.54) is 12.1 Å². The predicted octanol–water partition coefficient (Wildman–Crippen LogP) is 4.58. The van der Waals surface area contributed by atoms with Crippen LogP contribution in [0.1, 0.15) is 41.9 Å². The Labute approximate surface area is 183 Å². The second-order valence-electron chi connectivity index (χ2n) is 8.20. The van der Waals surface area contributed by atoms with Gasteiger partial charge in [-0.25, -0.2) is 8.78 Å². The number of fused-ring (bicyclic) bond motifs is 1. The van der Waals surface area contributed by atoms with Crippen molar-refractivity contribution in [2.45, 2.75) is 25.8 Å². The summed E-state index contributed by atoms with van der Waals surface area (Å²) < 4.78 is 28.0. The highest BCUT2D eigenvalue weighted by Gasteiger charge is 2.29. The summed E-state index contributed by atoms with van der Waals surface area (Å²) in [4.78, 5) is 0. The molecule has 1 aromatic heterocycles. The number of hydrazone groups is 1. The van der Waals surface area contributed by atoms with E-state index in [4.69, 9.17) is 5.10 Å². The van der Waals surface area contributed by atoms with Gasteiger partial charge in [-0.1, -0.05) is 47.7 Å². The molecule has 1 aliphatic rings. The highest BCUT2D eigenvalue weighted by molar-refractivity contribution is 6.14. The first-order valence-electron chi connectivity index (χ1n) is 10.2. The second kappa shape index (κ2) is 7.64. The molecule has 0 bridgehead atoms. The molecule has 0 saturated carbocycles. The highest BCUT2D eigenvalue weighted by Crippen LogP contribution is 2.32. The molecule has 0 saturated heterocycles. The van der Waals surface area contributed by atoms with Gasteiger partial charge in [0.1, 0.15) is 5.82 Å². The van der Waals surface area contributed by atoms with Crippen LogP contribution in [0.15, 0.2) is 71.8 Å². The molecular weight excluding hydrogens is 410 g/mol. The molecule has 8 heteroatoms. The van der Waals surface area contributed by atoms with E-state index < -0.39 is 17.0 Å². The van der Waals surface area contributed by atoms with Crippen molar-refractivity contribution < 1.29 is 8.78 Å². The SMILES string of the molecule is CC(C)(c1cccc(C2=NN(c3ccc(F)cc3F)Cc3ccccc32)c1)c1nn[nH]n1. The Kier molecular flexibility index (Phi) is 4.77. The maximum atomic E-state index is 14.5. The van der Waals surface area contributed by atoms with Gasteiger partial charge in [-0.2, -0.15) is 10.3 Å². The van der Waals surface area contributed by atoms with Gasteiger partial charge in [-0.05, 0) is 43.2 Å². The molecule has 6 nitrogen and oxygen atoms in total. The number of nitrogens with one attached hydrogen (secondary N) is 1. The lowest BCUT2D eigenvalue weighted by molar-refractivity contribution is 0.578. The molecular formula is C24H20F2N6. The summed E-state index contributed by atoms with van der Waals surface area (Å²) >= 11 is 0. The summed E-state index contributed by atoms with van der Waals surface area (Å²) in [6.45, 7) is 4.43. The Hall–Kier alpha value is -3.94. The van der Waals surface area contributed by atoms with Gasteiger partial charge in [-0.15, -0.1) is 10.2 Å². The van der Waals surface area contributed by atoms with Gasteiger partial charge in [-0.3, -0.25) is 5.01 Å². The number of aromatic nitrogens is 4. The molecule has 0 atom stereocenters. The van der Waals surface area contributed by atoms with Crippen LogP contribution < -0.4 is 5.01 Å². The molecule has 1 N–H and O–H groups in total. The Morgan fingerprint density at radius 2 is 1.81 bits per heavy atom. The molecule has 32 heavy (non-hydrogen) atoms. The normalized spacial score (nSPS) is 13.6. The number of anilines is 1. The molecule has 5 rings (SSSR count). The Morgan fingerprint density at radius 1 is 0.969 bits per heavy atom. The average molecular weight is 430 g/mol. The van der Waals surface area contributed by atoms with Crippen molar-refractivity contribution >= 4 is 11.4 Å². The molecule has 160 valence electrons. The summed E-state index contributed by atoms with van der Waals surface area (Å²) in [7, 11) is 0. The third-order valence-corrected chi connectivity index (χ3v) is 5.76. The summed E-state index contributed by atoms with van der Waals surface area (Å²) in [5.41, 5.74) is 4.29. The van der Waals surface area contributed by atoms with Crippen LogP contribution in [0.4, 0.5) is 14.5 Å². The maximum absolute atomic E-state index is 14.5. The highest BCUT2D eigenvalue weighted by atomic mass is 19.1. The fourth-order valence-electron chi connectivity index (χ4n) is 3.91. The predicted molar refractivity (Wildman–Crippen MR) is 117 cm³/mol. The molecule has 0 aliphatic carbocycles. The van der Waals surface area contributed by atoms with Gasteiger partial charge >= 0.3 is 0 Å². The summed E-state index contributed by atoms with van der Waals surface area (Å²) in [5.74, 6) is -0.695. The third-order valence-electron chi connectivity index (χ3n) is 5.76. The van der Waals surface area contributed by atoms with Crippen LogP contribution in [0.3, 0.4) is 0 Å². The van der Waals surface area contributed by atoms with Crippen LogP contribution in [-0.4, -0.2) is 26.3 Å². The number of benzene rings is 3. The number of rotatable bonds is 4. The van der Waals surface area contributed by atoms with Gasteiger partial charge in [0, 0.05) is 17.2 Å². The quantitative estimate of drug-likeness (QED) is 0.515. The summed E-state index contributed by atoms with van der Waals surface area (Å²) in [6.07, 6.45) is 0. The van der Waals surface area contributed by atoms with E-state index in [0.29, 0.717) is 18.1 Å². The van der Waals surface area contributed by atoms with Gasteiger partial charge in [0.05, 0.1) is 23.4 Å². The molecule has 0 radical (unpaired) electrons. The zero-order chi connectivity index (χ0) is 22.3. The maximum Gasteiger partial charge on any atom is 0.184 e. The molecule has 0 fully saturated rings. The number of H-pyrrole nitrogens is 1. The fourth-order valence-corrected chi connectivity index (χ4v) is 3.91. The third kappa shape index (κ3) is 3.43. The van der Waals surface area contributed by atoms with E-state index >= 15 is 0 Å². The van der Waals surface area contributed by atoms with E-state index in [9.17, 15) is 8.78 Å². The Bertz CT molecular complexity index is 1310. The average Bonchev–Trinajstić information content (AvgIpc) is 3.34. The van der Waals surface area contributed by atoms with E-state index in [2.05, 4.69) is 20.6 Å². The van der Waals surface area contributed by atoms with Crippen LogP contribution in [0, 0.1) is 11.6 Å². The Balaban J connectivity index is 1.63. The molecule has 3 aromatic carbocycles. The largest absolute Gasteiger partial charge is 0.257 e. The lowest BCUT2D eigenvalue weighted by atomic mass is 9.82. The number of tetrazole rings is 1. The molecule has 0 spiro atoms. The fraction of sp³-hybridized carbons (Fsp3) is 0.167. The van der Waals surface area contributed by atoms with Crippen LogP contribution in [-0.2, 0) is 12.0 Å². The minimum absolute atomic E-state index is 0.224. The van der Waals surface area contributed by atoms with E-state index in [1.807, 2.05) is 62.4 Å². The van der Waals surface area contributed by atoms with Crippen LogP contribution in [0.5, 0.6) is 0 Å². The number of aromatic amines is 1. The molecule has 4 aromatic rings. The number of nitrogens with zero attached hydrogens (tertiary/aromatic N) is 5. The van der Waals surface area contributed by atoms with Crippen molar-refractivity contribution in [3.8, 4) is 0 Å². The van der Waals surface area contributed by atoms with Crippen molar-refractivity contribution in [3.63, 3.8) is 0 Å². The van der Waals surface area contributed by atoms with E-state index in [-0.39, 0.29) is 5.69 Å². The molecule has 0 unspecified atom stereocenters. The monoisotopic (exact) mass is 430 g/mol. The minimum Gasteiger partial charge on any atom is -0.257 e. The zero-order valence-corrected chi connectivity index (χ0v) is 17.5.